The van der Waals surface area contributed by atoms with E-state index in [4.69, 9.17) is 26.7 Å². The number of carbonyl (C=O) groups is 2. The van der Waals surface area contributed by atoms with Crippen LogP contribution in [0.25, 0.3) is 0 Å². The molecule has 1 rings (SSSR count). The van der Waals surface area contributed by atoms with Gasteiger partial charge in [-0.05, 0) is 37.1 Å². The lowest BCUT2D eigenvalue weighted by atomic mass is 10.1. The Kier molecular flexibility index (Phi) is 11.2. The largest absolute Gasteiger partial charge is 0.490 e. The highest BCUT2D eigenvalue weighted by molar-refractivity contribution is 5.76. The van der Waals surface area contributed by atoms with Gasteiger partial charge in [-0.15, -0.1) is 0 Å². The average Bonchev–Trinajstić information content (AvgIpc) is 2.64. The molecular weight excluding hydrogens is 360 g/mol. The molecule has 1 aromatic rings. The van der Waals surface area contributed by atoms with E-state index in [0.29, 0.717) is 25.3 Å². The molecule has 0 aromatic heterocycles. The average molecular weight is 395 g/mol. The molecule has 0 bridgehead atoms. The molecule has 0 aliphatic heterocycles. The van der Waals surface area contributed by atoms with Crippen LogP contribution in [0.1, 0.15) is 38.7 Å². The van der Waals surface area contributed by atoms with Gasteiger partial charge >= 0.3 is 5.97 Å². The first-order valence-electron chi connectivity index (χ1n) is 9.71. The molecule has 8 heteroatoms. The lowest BCUT2D eigenvalue weighted by molar-refractivity contribution is -0.152. The zero-order valence-corrected chi connectivity index (χ0v) is 16.9. The fourth-order valence-corrected chi connectivity index (χ4v) is 2.47. The molecule has 7 N–H and O–H groups in total. The Morgan fingerprint density at radius 2 is 1.82 bits per heavy atom. The number of esters is 1. The van der Waals surface area contributed by atoms with Gasteiger partial charge in [0.1, 0.15) is 24.5 Å². The molecule has 1 unspecified atom stereocenters. The van der Waals surface area contributed by atoms with E-state index in [2.05, 4.69) is 5.32 Å². The summed E-state index contributed by atoms with van der Waals surface area (Å²) in [6.07, 6.45) is 1.87. The van der Waals surface area contributed by atoms with Crippen molar-refractivity contribution in [2.75, 3.05) is 19.7 Å². The number of unbranched alkanes of at least 4 members (excludes halogenated alkanes) is 1. The van der Waals surface area contributed by atoms with E-state index in [0.717, 1.165) is 18.4 Å². The van der Waals surface area contributed by atoms with Gasteiger partial charge in [-0.1, -0.05) is 32.4 Å². The summed E-state index contributed by atoms with van der Waals surface area (Å²) in [4.78, 5) is 23.2. The van der Waals surface area contributed by atoms with E-state index < -0.39 is 18.1 Å². The fourth-order valence-electron chi connectivity index (χ4n) is 2.47. The number of rotatable bonds is 14. The van der Waals surface area contributed by atoms with Gasteiger partial charge in [0, 0.05) is 12.6 Å². The van der Waals surface area contributed by atoms with E-state index in [-0.39, 0.29) is 25.0 Å². The Morgan fingerprint density at radius 1 is 1.14 bits per heavy atom. The van der Waals surface area contributed by atoms with Gasteiger partial charge in [-0.2, -0.15) is 0 Å². The third-order valence-corrected chi connectivity index (χ3v) is 4.05. The molecule has 0 aliphatic carbocycles. The molecule has 28 heavy (non-hydrogen) atoms. The Hall–Kier alpha value is -2.16. The molecule has 0 saturated carbocycles. The molecule has 8 nitrogen and oxygen atoms in total. The topological polar surface area (TPSA) is 143 Å². The van der Waals surface area contributed by atoms with E-state index in [9.17, 15) is 9.59 Å². The number of hydrogen-bond donors (Lipinski definition) is 4. The minimum atomic E-state index is -0.666. The van der Waals surface area contributed by atoms with Gasteiger partial charge in [0.2, 0.25) is 5.91 Å². The molecule has 1 aromatic carbocycles. The number of primary amides is 1. The van der Waals surface area contributed by atoms with Crippen LogP contribution >= 0.6 is 0 Å². The van der Waals surface area contributed by atoms with Crippen LogP contribution in [0, 0.1) is 0 Å². The van der Waals surface area contributed by atoms with Gasteiger partial charge in [0.15, 0.2) is 0 Å². The zero-order valence-electron chi connectivity index (χ0n) is 16.9. The van der Waals surface area contributed by atoms with Crippen LogP contribution < -0.4 is 27.3 Å². The Bertz CT molecular complexity index is 592. The second kappa shape index (κ2) is 13.1. The molecule has 0 aliphatic rings. The molecule has 1 amide bonds. The van der Waals surface area contributed by atoms with E-state index in [1.165, 1.54) is 0 Å². The fraction of sp³-hybridized carbons (Fsp3) is 0.600. The lowest BCUT2D eigenvalue weighted by Gasteiger charge is -2.22. The van der Waals surface area contributed by atoms with Crippen molar-refractivity contribution in [1.82, 2.24) is 5.32 Å². The van der Waals surface area contributed by atoms with Gasteiger partial charge in [0.05, 0.1) is 6.42 Å². The number of carbonyl (C=O) groups excluding carboxylic acids is 2. The summed E-state index contributed by atoms with van der Waals surface area (Å²) >= 11 is 0. The Morgan fingerprint density at radius 3 is 2.39 bits per heavy atom. The monoisotopic (exact) mass is 394 g/mol. The smallest absolute Gasteiger partial charge is 0.323 e. The summed E-state index contributed by atoms with van der Waals surface area (Å²) in [7, 11) is 0. The summed E-state index contributed by atoms with van der Waals surface area (Å²) in [6.45, 7) is 5.25. The van der Waals surface area contributed by atoms with Crippen LogP contribution in [-0.2, 0) is 20.7 Å². The maximum Gasteiger partial charge on any atom is 0.323 e. The van der Waals surface area contributed by atoms with E-state index >= 15 is 0 Å². The number of nitrogens with one attached hydrogen (secondary N) is 1. The molecule has 0 heterocycles. The quantitative estimate of drug-likeness (QED) is 0.265. The summed E-state index contributed by atoms with van der Waals surface area (Å²) in [6, 6.07) is 6.65. The number of nitrogens with two attached hydrogens (primary N) is 3. The van der Waals surface area contributed by atoms with Crippen LogP contribution in [0.2, 0.25) is 0 Å². The van der Waals surface area contributed by atoms with Crippen LogP contribution in [-0.4, -0.2) is 49.8 Å². The van der Waals surface area contributed by atoms with E-state index in [1.54, 1.807) is 24.3 Å². The number of benzene rings is 1. The summed E-state index contributed by atoms with van der Waals surface area (Å²) < 4.78 is 11.3. The predicted molar refractivity (Wildman–Crippen MR) is 109 cm³/mol. The summed E-state index contributed by atoms with van der Waals surface area (Å²) in [5, 5.41) is 3.24. The first-order valence-corrected chi connectivity index (χ1v) is 9.71. The SMILES string of the molecule is CC(C)NCC(COc1ccc(CC(N)=O)cc1)OC(=O)[C@@H](N)CCCCN. The van der Waals surface area contributed by atoms with Crippen LogP contribution in [0.3, 0.4) is 0 Å². The summed E-state index contributed by atoms with van der Waals surface area (Å²) in [5.41, 5.74) is 17.4. The lowest BCUT2D eigenvalue weighted by Crippen LogP contribution is -2.42. The second-order valence-electron chi connectivity index (χ2n) is 7.11. The normalized spacial score (nSPS) is 13.2. The highest BCUT2D eigenvalue weighted by Crippen LogP contribution is 2.13. The van der Waals surface area contributed by atoms with E-state index in [1.807, 2.05) is 13.8 Å². The highest BCUT2D eigenvalue weighted by atomic mass is 16.6. The van der Waals surface area contributed by atoms with Crippen molar-refractivity contribution in [1.29, 1.82) is 0 Å². The highest BCUT2D eigenvalue weighted by Gasteiger charge is 2.21. The molecule has 0 saturated heterocycles. The standard InChI is InChI=1S/C20H34N4O4/c1-14(2)24-12-17(28-20(26)18(22)5-3-4-10-21)13-27-16-8-6-15(7-9-16)11-19(23)25/h6-9,14,17-18,24H,3-5,10-13,21-22H2,1-2H3,(H2,23,25)/t17?,18-/m0/s1. The maximum absolute atomic E-state index is 12.2. The molecule has 0 spiro atoms. The van der Waals surface area contributed by atoms with Crippen LogP contribution in [0.15, 0.2) is 24.3 Å². The molecule has 0 fully saturated rings. The Labute approximate surface area is 167 Å². The predicted octanol–water partition coefficient (Wildman–Crippen LogP) is 0.459. The van der Waals surface area contributed by atoms with Gasteiger partial charge in [-0.3, -0.25) is 9.59 Å². The number of amides is 1. The van der Waals surface area contributed by atoms with Crippen molar-refractivity contribution in [2.45, 2.75) is 57.7 Å². The summed E-state index contributed by atoms with van der Waals surface area (Å²) in [5.74, 6) is -0.206. The number of hydrogen-bond acceptors (Lipinski definition) is 7. The number of ether oxygens (including phenoxy) is 2. The zero-order chi connectivity index (χ0) is 20.9. The van der Waals surface area contributed by atoms with Crippen LogP contribution in [0.5, 0.6) is 5.75 Å². The van der Waals surface area contributed by atoms with Crippen molar-refractivity contribution >= 4 is 11.9 Å². The third kappa shape index (κ3) is 10.2. The Balaban J connectivity index is 2.58. The van der Waals surface area contributed by atoms with Crippen LogP contribution in [0.4, 0.5) is 0 Å². The maximum atomic E-state index is 12.2. The van der Waals surface area contributed by atoms with Crippen molar-refractivity contribution in [3.05, 3.63) is 29.8 Å². The minimum absolute atomic E-state index is 0.181. The first kappa shape index (κ1) is 23.9. The van der Waals surface area contributed by atoms with Crippen molar-refractivity contribution < 1.29 is 19.1 Å². The van der Waals surface area contributed by atoms with Gasteiger partial charge in [0.25, 0.3) is 0 Å². The molecule has 158 valence electrons. The van der Waals surface area contributed by atoms with Crippen molar-refractivity contribution in [3.63, 3.8) is 0 Å². The third-order valence-electron chi connectivity index (χ3n) is 4.05. The molecule has 0 radical (unpaired) electrons. The molecule has 2 atom stereocenters. The van der Waals surface area contributed by atoms with Crippen molar-refractivity contribution in [3.8, 4) is 5.75 Å². The second-order valence-corrected chi connectivity index (χ2v) is 7.11. The van der Waals surface area contributed by atoms with Gasteiger partial charge < -0.3 is 32.0 Å². The molecular formula is C20H34N4O4. The van der Waals surface area contributed by atoms with Gasteiger partial charge in [-0.25, -0.2) is 0 Å². The first-order chi connectivity index (χ1) is 13.3. The minimum Gasteiger partial charge on any atom is -0.490 e. The van der Waals surface area contributed by atoms with Crippen molar-refractivity contribution in [2.24, 2.45) is 17.2 Å².